The lowest BCUT2D eigenvalue weighted by Crippen LogP contribution is -2.31. The minimum atomic E-state index is -0.922. The van der Waals surface area contributed by atoms with Crippen LogP contribution in [0.2, 0.25) is 0 Å². The molecule has 10 heteroatoms. The van der Waals surface area contributed by atoms with Crippen LogP contribution in [0, 0.1) is 0 Å². The summed E-state index contributed by atoms with van der Waals surface area (Å²) >= 11 is 0. The van der Waals surface area contributed by atoms with Gasteiger partial charge in [-0.05, 0) is 73.9 Å². The minimum absolute atomic E-state index is 0.0907. The van der Waals surface area contributed by atoms with Crippen LogP contribution in [0.3, 0.4) is 0 Å². The first-order chi connectivity index (χ1) is 19.4. The fourth-order valence-corrected chi connectivity index (χ4v) is 3.79. The van der Waals surface area contributed by atoms with Gasteiger partial charge in [0.1, 0.15) is 24.2 Å². The monoisotopic (exact) mass is 548 g/mol. The Hall–Kier alpha value is -4.67. The Morgan fingerprint density at radius 2 is 1.68 bits per heavy atom. The quantitative estimate of drug-likeness (QED) is 0.0970. The molecule has 10 nitrogen and oxygen atoms in total. The van der Waals surface area contributed by atoms with Gasteiger partial charge in [-0.15, -0.1) is 0 Å². The third-order valence-electron chi connectivity index (χ3n) is 5.68. The number of para-hydroxylation sites is 1. The number of amides is 2. The standard InChI is InChI=1S/C30H32N2O8/c1-21(34)22-14-16-24(17-15-22)31-30(36)40-29(23-8-7-11-26(20-23)38-19-18-33)27(12-5-6-13-28(35)32-37)39-25-9-3-2-4-10-25/h2-4,6-11,13-17,20,27,29,33,37H,5,12,18-19H2,1H3,(H,31,36)(H,32,35)/b13-6+/t27-,29-/m1/s1. The van der Waals surface area contributed by atoms with Crippen molar-refractivity contribution in [3.63, 3.8) is 0 Å². The van der Waals surface area contributed by atoms with Gasteiger partial charge in [0.2, 0.25) is 0 Å². The largest absolute Gasteiger partial charge is 0.491 e. The number of carbonyl (C=O) groups is 3. The van der Waals surface area contributed by atoms with E-state index in [1.165, 1.54) is 18.5 Å². The number of Topliss-reactive ketones (excluding diaryl/α,β-unsaturated/α-hetero) is 1. The predicted molar refractivity (Wildman–Crippen MR) is 147 cm³/mol. The van der Waals surface area contributed by atoms with Crippen molar-refractivity contribution in [1.82, 2.24) is 5.48 Å². The molecule has 0 aliphatic rings. The number of hydroxylamine groups is 1. The van der Waals surface area contributed by atoms with Crippen molar-refractivity contribution in [1.29, 1.82) is 0 Å². The van der Waals surface area contributed by atoms with Gasteiger partial charge in [-0.1, -0.05) is 36.4 Å². The topological polar surface area (TPSA) is 143 Å². The first-order valence-electron chi connectivity index (χ1n) is 12.6. The Kier molecular flexibility index (Phi) is 11.7. The van der Waals surface area contributed by atoms with E-state index in [1.54, 1.807) is 66.7 Å². The fraction of sp³-hybridized carbons (Fsp3) is 0.233. The number of nitrogens with one attached hydrogen (secondary N) is 2. The second-order valence-electron chi connectivity index (χ2n) is 8.65. The summed E-state index contributed by atoms with van der Waals surface area (Å²) in [6, 6.07) is 22.4. The maximum Gasteiger partial charge on any atom is 0.412 e. The molecule has 0 spiro atoms. The van der Waals surface area contributed by atoms with E-state index in [2.05, 4.69) is 5.32 Å². The van der Waals surface area contributed by atoms with E-state index in [0.717, 1.165) is 0 Å². The van der Waals surface area contributed by atoms with E-state index >= 15 is 0 Å². The van der Waals surface area contributed by atoms with Crippen molar-refractivity contribution >= 4 is 23.5 Å². The number of ether oxygens (including phenoxy) is 3. The molecular weight excluding hydrogens is 516 g/mol. The highest BCUT2D eigenvalue weighted by Gasteiger charge is 2.29. The summed E-state index contributed by atoms with van der Waals surface area (Å²) in [7, 11) is 0. The number of benzene rings is 3. The summed E-state index contributed by atoms with van der Waals surface area (Å²) in [6.45, 7) is 1.38. The van der Waals surface area contributed by atoms with Gasteiger partial charge in [0, 0.05) is 17.3 Å². The summed E-state index contributed by atoms with van der Waals surface area (Å²) in [5, 5.41) is 20.6. The fourth-order valence-electron chi connectivity index (χ4n) is 3.79. The van der Waals surface area contributed by atoms with Gasteiger partial charge in [-0.3, -0.25) is 20.1 Å². The maximum atomic E-state index is 13.1. The van der Waals surface area contributed by atoms with Crippen LogP contribution in [-0.4, -0.2) is 47.4 Å². The predicted octanol–water partition coefficient (Wildman–Crippen LogP) is 4.84. The maximum absolute atomic E-state index is 13.1. The highest BCUT2D eigenvalue weighted by atomic mass is 16.6. The zero-order valence-corrected chi connectivity index (χ0v) is 22.0. The van der Waals surface area contributed by atoms with Gasteiger partial charge in [-0.2, -0.15) is 0 Å². The number of aliphatic hydroxyl groups is 1. The van der Waals surface area contributed by atoms with E-state index in [0.29, 0.717) is 41.2 Å². The normalized spacial score (nSPS) is 12.3. The Balaban J connectivity index is 1.90. The number of carbonyl (C=O) groups excluding carboxylic acids is 3. The molecule has 0 aromatic heterocycles. The van der Waals surface area contributed by atoms with Crippen molar-refractivity contribution in [3.05, 3.63) is 102 Å². The number of rotatable bonds is 14. The molecule has 3 aromatic carbocycles. The molecule has 4 N–H and O–H groups in total. The molecular formula is C30H32N2O8. The lowest BCUT2D eigenvalue weighted by atomic mass is 9.99. The van der Waals surface area contributed by atoms with E-state index in [1.807, 2.05) is 18.2 Å². The third kappa shape index (κ3) is 9.57. The van der Waals surface area contributed by atoms with Crippen molar-refractivity contribution in [2.75, 3.05) is 18.5 Å². The van der Waals surface area contributed by atoms with Gasteiger partial charge < -0.3 is 19.3 Å². The number of ketones is 1. The van der Waals surface area contributed by atoms with Crippen LogP contribution in [0.25, 0.3) is 0 Å². The lowest BCUT2D eigenvalue weighted by Gasteiger charge is -2.28. The second kappa shape index (κ2) is 15.7. The van der Waals surface area contributed by atoms with Gasteiger partial charge in [0.15, 0.2) is 11.9 Å². The molecule has 2 amide bonds. The van der Waals surface area contributed by atoms with E-state index in [4.69, 9.17) is 24.5 Å². The SMILES string of the molecule is CC(=O)c1ccc(NC(=O)O[C@H](c2cccc(OCCO)c2)[C@@H](CC/C=C/C(=O)NO)Oc2ccccc2)cc1. The van der Waals surface area contributed by atoms with Crippen LogP contribution < -0.4 is 20.3 Å². The molecule has 0 radical (unpaired) electrons. The highest BCUT2D eigenvalue weighted by molar-refractivity contribution is 5.95. The zero-order chi connectivity index (χ0) is 28.7. The molecule has 0 saturated heterocycles. The van der Waals surface area contributed by atoms with E-state index in [9.17, 15) is 14.4 Å². The molecule has 210 valence electrons. The smallest absolute Gasteiger partial charge is 0.412 e. The van der Waals surface area contributed by atoms with Gasteiger partial charge >= 0.3 is 6.09 Å². The zero-order valence-electron chi connectivity index (χ0n) is 22.0. The molecule has 0 unspecified atom stereocenters. The molecule has 0 heterocycles. The van der Waals surface area contributed by atoms with E-state index in [-0.39, 0.29) is 19.0 Å². The summed E-state index contributed by atoms with van der Waals surface area (Å²) in [6.07, 6.45) is 1.07. The Morgan fingerprint density at radius 1 is 0.950 bits per heavy atom. The summed E-state index contributed by atoms with van der Waals surface area (Å²) in [5.41, 5.74) is 3.06. The molecule has 0 aliphatic heterocycles. The van der Waals surface area contributed by atoms with Gasteiger partial charge in [0.25, 0.3) is 5.91 Å². The summed E-state index contributed by atoms with van der Waals surface area (Å²) in [4.78, 5) is 36.0. The van der Waals surface area contributed by atoms with Crippen LogP contribution in [0.4, 0.5) is 10.5 Å². The first kappa shape index (κ1) is 29.9. The molecule has 0 saturated carbocycles. The van der Waals surface area contributed by atoms with Crippen LogP contribution in [0.15, 0.2) is 91.0 Å². The number of anilines is 1. The molecule has 0 bridgehead atoms. The van der Waals surface area contributed by atoms with Crippen LogP contribution in [-0.2, 0) is 9.53 Å². The average molecular weight is 549 g/mol. The van der Waals surface area contributed by atoms with Crippen molar-refractivity contribution in [3.8, 4) is 11.5 Å². The Labute approximate surface area is 232 Å². The Morgan fingerprint density at radius 3 is 2.35 bits per heavy atom. The summed E-state index contributed by atoms with van der Waals surface area (Å²) in [5.74, 6) is 0.255. The number of allylic oxidation sites excluding steroid dienone is 1. The van der Waals surface area contributed by atoms with Crippen LogP contribution in [0.1, 0.15) is 41.8 Å². The highest BCUT2D eigenvalue weighted by Crippen LogP contribution is 2.31. The molecule has 2 atom stereocenters. The number of aliphatic hydroxyl groups excluding tert-OH is 1. The first-order valence-corrected chi connectivity index (χ1v) is 12.6. The molecule has 3 aromatic rings. The van der Waals surface area contributed by atoms with Crippen molar-refractivity contribution in [2.45, 2.75) is 32.0 Å². The minimum Gasteiger partial charge on any atom is -0.491 e. The lowest BCUT2D eigenvalue weighted by molar-refractivity contribution is -0.124. The van der Waals surface area contributed by atoms with Gasteiger partial charge in [-0.25, -0.2) is 10.3 Å². The molecule has 0 aliphatic carbocycles. The molecule has 3 rings (SSSR count). The van der Waals surface area contributed by atoms with Crippen molar-refractivity contribution < 1.29 is 38.9 Å². The molecule has 40 heavy (non-hydrogen) atoms. The third-order valence-corrected chi connectivity index (χ3v) is 5.68. The van der Waals surface area contributed by atoms with Gasteiger partial charge in [0.05, 0.1) is 6.61 Å². The van der Waals surface area contributed by atoms with E-state index < -0.39 is 24.2 Å². The van der Waals surface area contributed by atoms with Crippen LogP contribution >= 0.6 is 0 Å². The second-order valence-corrected chi connectivity index (χ2v) is 8.65. The van der Waals surface area contributed by atoms with Crippen molar-refractivity contribution in [2.24, 2.45) is 0 Å². The Bertz CT molecular complexity index is 1280. The average Bonchev–Trinajstić information content (AvgIpc) is 2.97. The number of hydrogen-bond donors (Lipinski definition) is 4. The molecule has 0 fully saturated rings. The van der Waals surface area contributed by atoms with Crippen LogP contribution in [0.5, 0.6) is 11.5 Å². The number of hydrogen-bond acceptors (Lipinski definition) is 8. The summed E-state index contributed by atoms with van der Waals surface area (Å²) < 4.78 is 17.8.